The molecule has 1 aliphatic rings. The third-order valence-corrected chi connectivity index (χ3v) is 6.05. The molecule has 0 spiro atoms. The molecule has 178 valence electrons. The first-order chi connectivity index (χ1) is 16.0. The van der Waals surface area contributed by atoms with Crippen LogP contribution in [0.5, 0.6) is 17.2 Å². The maximum atomic E-state index is 13.2. The molecule has 2 aromatic carbocycles. The highest BCUT2D eigenvalue weighted by molar-refractivity contribution is 5.88. The average molecular weight is 455 g/mol. The van der Waals surface area contributed by atoms with E-state index in [9.17, 15) is 9.59 Å². The normalized spacial score (nSPS) is 14.8. The van der Waals surface area contributed by atoms with Crippen LogP contribution in [0, 0.1) is 0 Å². The standard InChI is InChI=1S/C26H34N2O5/c1-19(26(30)27-21-7-5-4-6-8-21)28(17-20-9-11-22(31-2)12-10-20)25(29)18-33-24-15-13-23(32-3)14-16-24/h9-16,19,21H,4-8,17-18H2,1-3H3,(H,27,30)/t19-/m0/s1. The second-order valence-electron chi connectivity index (χ2n) is 8.35. The molecule has 0 bridgehead atoms. The van der Waals surface area contributed by atoms with Crippen molar-refractivity contribution in [2.45, 2.75) is 57.7 Å². The smallest absolute Gasteiger partial charge is 0.261 e. The van der Waals surface area contributed by atoms with Gasteiger partial charge in [0.1, 0.15) is 23.3 Å². The van der Waals surface area contributed by atoms with Crippen LogP contribution in [0.3, 0.4) is 0 Å². The van der Waals surface area contributed by atoms with Crippen molar-refractivity contribution in [3.05, 3.63) is 54.1 Å². The largest absolute Gasteiger partial charge is 0.497 e. The second kappa shape index (κ2) is 12.1. The molecule has 0 saturated heterocycles. The van der Waals surface area contributed by atoms with E-state index in [1.54, 1.807) is 50.3 Å². The molecule has 0 aromatic heterocycles. The van der Waals surface area contributed by atoms with Crippen LogP contribution in [0.4, 0.5) is 0 Å². The van der Waals surface area contributed by atoms with Gasteiger partial charge in [-0.05, 0) is 61.7 Å². The summed E-state index contributed by atoms with van der Waals surface area (Å²) in [4.78, 5) is 27.8. The topological polar surface area (TPSA) is 77.1 Å². The molecule has 1 saturated carbocycles. The minimum absolute atomic E-state index is 0.131. The number of hydrogen-bond acceptors (Lipinski definition) is 5. The SMILES string of the molecule is COc1ccc(CN(C(=O)COc2ccc(OC)cc2)[C@@H](C)C(=O)NC2CCCCC2)cc1. The lowest BCUT2D eigenvalue weighted by Crippen LogP contribution is -2.51. The molecule has 0 aliphatic heterocycles. The van der Waals surface area contributed by atoms with E-state index in [1.807, 2.05) is 24.3 Å². The quantitative estimate of drug-likeness (QED) is 0.588. The monoisotopic (exact) mass is 454 g/mol. The van der Waals surface area contributed by atoms with Gasteiger partial charge in [0.15, 0.2) is 6.61 Å². The summed E-state index contributed by atoms with van der Waals surface area (Å²) in [5.74, 6) is 1.62. The van der Waals surface area contributed by atoms with Crippen molar-refractivity contribution in [3.63, 3.8) is 0 Å². The molecule has 7 nitrogen and oxygen atoms in total. The summed E-state index contributed by atoms with van der Waals surface area (Å²) in [6.07, 6.45) is 5.46. The Labute approximate surface area is 196 Å². The molecule has 1 fully saturated rings. The number of hydrogen-bond donors (Lipinski definition) is 1. The number of methoxy groups -OCH3 is 2. The van der Waals surface area contributed by atoms with Crippen molar-refractivity contribution in [2.75, 3.05) is 20.8 Å². The minimum Gasteiger partial charge on any atom is -0.497 e. The zero-order chi connectivity index (χ0) is 23.6. The van der Waals surface area contributed by atoms with E-state index < -0.39 is 6.04 Å². The fourth-order valence-corrected chi connectivity index (χ4v) is 3.98. The molecule has 3 rings (SSSR count). The molecule has 0 unspecified atom stereocenters. The maximum absolute atomic E-state index is 13.2. The van der Waals surface area contributed by atoms with Gasteiger partial charge in [0.05, 0.1) is 14.2 Å². The number of rotatable bonds is 10. The van der Waals surface area contributed by atoms with Crippen LogP contribution in [-0.2, 0) is 16.1 Å². The van der Waals surface area contributed by atoms with Gasteiger partial charge in [0.2, 0.25) is 5.91 Å². The Balaban J connectivity index is 1.69. The van der Waals surface area contributed by atoms with Crippen molar-refractivity contribution in [2.24, 2.45) is 0 Å². The Kier molecular flexibility index (Phi) is 8.98. The number of benzene rings is 2. The van der Waals surface area contributed by atoms with E-state index in [0.29, 0.717) is 18.0 Å². The molecule has 2 amide bonds. The summed E-state index contributed by atoms with van der Waals surface area (Å²) >= 11 is 0. The third-order valence-electron chi connectivity index (χ3n) is 6.05. The molecule has 7 heteroatoms. The fourth-order valence-electron chi connectivity index (χ4n) is 3.98. The molecular weight excluding hydrogens is 420 g/mol. The minimum atomic E-state index is -0.624. The zero-order valence-corrected chi connectivity index (χ0v) is 19.7. The van der Waals surface area contributed by atoms with Crippen molar-refractivity contribution >= 4 is 11.8 Å². The molecule has 0 radical (unpaired) electrons. The fraction of sp³-hybridized carbons (Fsp3) is 0.462. The number of carbonyl (C=O) groups is 2. The van der Waals surface area contributed by atoms with E-state index in [-0.39, 0.29) is 24.5 Å². The number of nitrogens with zero attached hydrogens (tertiary/aromatic N) is 1. The highest BCUT2D eigenvalue weighted by atomic mass is 16.5. The predicted molar refractivity (Wildman–Crippen MR) is 127 cm³/mol. The Morgan fingerprint density at radius 2 is 1.45 bits per heavy atom. The third kappa shape index (κ3) is 7.14. The molecular formula is C26H34N2O5. The lowest BCUT2D eigenvalue weighted by atomic mass is 9.95. The van der Waals surface area contributed by atoms with Crippen LogP contribution in [0.25, 0.3) is 0 Å². The van der Waals surface area contributed by atoms with Gasteiger partial charge in [-0.25, -0.2) is 0 Å². The van der Waals surface area contributed by atoms with Crippen molar-refractivity contribution in [1.29, 1.82) is 0 Å². The summed E-state index contributed by atoms with van der Waals surface area (Å²) < 4.78 is 16.1. The highest BCUT2D eigenvalue weighted by Gasteiger charge is 2.28. The first-order valence-corrected chi connectivity index (χ1v) is 11.5. The molecule has 2 aromatic rings. The van der Waals surface area contributed by atoms with Crippen LogP contribution in [0.2, 0.25) is 0 Å². The Morgan fingerprint density at radius 3 is 2.03 bits per heavy atom. The summed E-state index contributed by atoms with van der Waals surface area (Å²) in [5, 5.41) is 3.14. The molecule has 1 atom stereocenters. The van der Waals surface area contributed by atoms with Gasteiger partial charge in [0, 0.05) is 12.6 Å². The van der Waals surface area contributed by atoms with Crippen molar-refractivity contribution < 1.29 is 23.8 Å². The zero-order valence-electron chi connectivity index (χ0n) is 19.7. The maximum Gasteiger partial charge on any atom is 0.261 e. The molecule has 1 aliphatic carbocycles. The van der Waals surface area contributed by atoms with E-state index in [0.717, 1.165) is 37.0 Å². The van der Waals surface area contributed by atoms with Gasteiger partial charge < -0.3 is 24.4 Å². The van der Waals surface area contributed by atoms with Crippen molar-refractivity contribution in [1.82, 2.24) is 10.2 Å². The van der Waals surface area contributed by atoms with Gasteiger partial charge in [-0.15, -0.1) is 0 Å². The van der Waals surface area contributed by atoms with Gasteiger partial charge in [-0.3, -0.25) is 9.59 Å². The summed E-state index contributed by atoms with van der Waals surface area (Å²) in [6.45, 7) is 1.91. The van der Waals surface area contributed by atoms with Gasteiger partial charge in [-0.1, -0.05) is 31.4 Å². The number of amides is 2. The molecule has 1 N–H and O–H groups in total. The number of ether oxygens (including phenoxy) is 3. The van der Waals surface area contributed by atoms with Crippen LogP contribution in [-0.4, -0.2) is 49.6 Å². The first kappa shape index (κ1) is 24.4. The summed E-state index contributed by atoms with van der Waals surface area (Å²) in [7, 11) is 3.20. The lowest BCUT2D eigenvalue weighted by molar-refractivity contribution is -0.142. The molecule has 33 heavy (non-hydrogen) atoms. The Hall–Kier alpha value is -3.22. The average Bonchev–Trinajstić information content (AvgIpc) is 2.86. The van der Waals surface area contributed by atoms with E-state index in [4.69, 9.17) is 14.2 Å². The summed E-state index contributed by atoms with van der Waals surface area (Å²) in [5.41, 5.74) is 0.908. The van der Waals surface area contributed by atoms with Crippen LogP contribution in [0.15, 0.2) is 48.5 Å². The molecule has 0 heterocycles. The number of carbonyl (C=O) groups excluding carboxylic acids is 2. The van der Waals surface area contributed by atoms with E-state index in [2.05, 4.69) is 5.32 Å². The van der Waals surface area contributed by atoms with Crippen LogP contribution >= 0.6 is 0 Å². The highest BCUT2D eigenvalue weighted by Crippen LogP contribution is 2.20. The predicted octanol–water partition coefficient (Wildman–Crippen LogP) is 3.95. The van der Waals surface area contributed by atoms with E-state index >= 15 is 0 Å². The van der Waals surface area contributed by atoms with Gasteiger partial charge >= 0.3 is 0 Å². The van der Waals surface area contributed by atoms with Crippen LogP contribution in [0.1, 0.15) is 44.6 Å². The van der Waals surface area contributed by atoms with Crippen LogP contribution < -0.4 is 19.5 Å². The second-order valence-corrected chi connectivity index (χ2v) is 8.35. The first-order valence-electron chi connectivity index (χ1n) is 11.5. The van der Waals surface area contributed by atoms with Gasteiger partial charge in [-0.2, -0.15) is 0 Å². The van der Waals surface area contributed by atoms with E-state index in [1.165, 1.54) is 6.42 Å². The number of nitrogens with one attached hydrogen (secondary N) is 1. The van der Waals surface area contributed by atoms with Gasteiger partial charge in [0.25, 0.3) is 5.91 Å². The summed E-state index contributed by atoms with van der Waals surface area (Å²) in [6, 6.07) is 14.1. The lowest BCUT2D eigenvalue weighted by Gasteiger charge is -2.31. The Morgan fingerprint density at radius 1 is 0.909 bits per heavy atom. The van der Waals surface area contributed by atoms with Crippen molar-refractivity contribution in [3.8, 4) is 17.2 Å². The Bertz CT molecular complexity index is 892.